The molecule has 1 aliphatic heterocycles. The Balaban J connectivity index is 1.61. The molecule has 1 aromatic carbocycles. The molecule has 1 saturated carbocycles. The second kappa shape index (κ2) is 11.0. The fraction of sp³-hybridized carbons (Fsp3) is 0.567. The van der Waals surface area contributed by atoms with E-state index in [1.54, 1.807) is 0 Å². The van der Waals surface area contributed by atoms with E-state index in [0.717, 1.165) is 67.4 Å². The minimum absolute atomic E-state index is 0.0603. The molecule has 0 spiro atoms. The van der Waals surface area contributed by atoms with Crippen LogP contribution in [-0.4, -0.2) is 75.0 Å². The number of benzene rings is 1. The number of pyridine rings is 1. The summed E-state index contributed by atoms with van der Waals surface area (Å²) in [5.41, 5.74) is 4.58. The third kappa shape index (κ3) is 5.16. The summed E-state index contributed by atoms with van der Waals surface area (Å²) in [4.78, 5) is 21.9. The van der Waals surface area contributed by atoms with Crippen molar-refractivity contribution in [2.75, 3.05) is 27.2 Å². The summed E-state index contributed by atoms with van der Waals surface area (Å²) < 4.78 is 8.22. The SMILES string of the molecule is CCc1c(C(=O)O)nc2c(c(OC(C)C)nn2C2CCCCC2)c1-c1ccc(CN2CC(N(C)C)C2)cc1. The van der Waals surface area contributed by atoms with Gasteiger partial charge in [0.1, 0.15) is 0 Å². The Hall–Kier alpha value is -2.97. The maximum Gasteiger partial charge on any atom is 0.354 e. The normalized spacial score (nSPS) is 17.4. The molecule has 8 nitrogen and oxygen atoms in total. The molecule has 8 heteroatoms. The van der Waals surface area contributed by atoms with Gasteiger partial charge in [0.15, 0.2) is 11.3 Å². The molecule has 1 N–H and O–H groups in total. The van der Waals surface area contributed by atoms with Crippen LogP contribution in [-0.2, 0) is 13.0 Å². The van der Waals surface area contributed by atoms with Crippen LogP contribution in [0.5, 0.6) is 5.88 Å². The number of hydrogen-bond acceptors (Lipinski definition) is 6. The average Bonchev–Trinajstić information content (AvgIpc) is 3.22. The van der Waals surface area contributed by atoms with Crippen LogP contribution in [0.4, 0.5) is 0 Å². The highest BCUT2D eigenvalue weighted by Gasteiger charge is 2.30. The van der Waals surface area contributed by atoms with E-state index in [4.69, 9.17) is 14.8 Å². The number of aromatic nitrogens is 3. The second-order valence-corrected chi connectivity index (χ2v) is 11.4. The fourth-order valence-corrected chi connectivity index (χ4v) is 5.93. The number of carboxylic acid groups (broad SMARTS) is 1. The van der Waals surface area contributed by atoms with Crippen molar-refractivity contribution in [1.82, 2.24) is 24.6 Å². The summed E-state index contributed by atoms with van der Waals surface area (Å²) in [6.45, 7) is 9.06. The number of fused-ring (bicyclic) bond motifs is 1. The number of nitrogens with zero attached hydrogens (tertiary/aromatic N) is 5. The molecule has 2 aromatic heterocycles. The molecular formula is C30H41N5O3. The monoisotopic (exact) mass is 519 g/mol. The molecule has 204 valence electrons. The maximum absolute atomic E-state index is 12.4. The van der Waals surface area contributed by atoms with E-state index in [-0.39, 0.29) is 17.8 Å². The molecule has 0 amide bonds. The van der Waals surface area contributed by atoms with Crippen LogP contribution in [0.15, 0.2) is 24.3 Å². The highest BCUT2D eigenvalue weighted by atomic mass is 16.5. The van der Waals surface area contributed by atoms with Gasteiger partial charge in [0.05, 0.1) is 17.5 Å². The summed E-state index contributed by atoms with van der Waals surface area (Å²) >= 11 is 0. The van der Waals surface area contributed by atoms with Crippen molar-refractivity contribution in [2.45, 2.75) is 84.0 Å². The number of aromatic carboxylic acids is 1. The molecule has 38 heavy (non-hydrogen) atoms. The van der Waals surface area contributed by atoms with Crippen molar-refractivity contribution in [2.24, 2.45) is 0 Å². The molecule has 5 rings (SSSR count). The van der Waals surface area contributed by atoms with E-state index in [0.29, 0.717) is 24.0 Å². The molecule has 0 radical (unpaired) electrons. The maximum atomic E-state index is 12.4. The van der Waals surface area contributed by atoms with Gasteiger partial charge in [0.25, 0.3) is 0 Å². The van der Waals surface area contributed by atoms with Crippen LogP contribution < -0.4 is 4.74 Å². The van der Waals surface area contributed by atoms with Crippen molar-refractivity contribution >= 4 is 17.0 Å². The second-order valence-electron chi connectivity index (χ2n) is 11.4. The number of ether oxygens (including phenoxy) is 1. The Morgan fingerprint density at radius 1 is 1.13 bits per heavy atom. The fourth-order valence-electron chi connectivity index (χ4n) is 5.93. The first-order valence-corrected chi connectivity index (χ1v) is 14.1. The first-order chi connectivity index (χ1) is 18.3. The molecule has 0 atom stereocenters. The lowest BCUT2D eigenvalue weighted by atomic mass is 9.93. The zero-order valence-corrected chi connectivity index (χ0v) is 23.4. The van der Waals surface area contributed by atoms with Crippen LogP contribution in [0.2, 0.25) is 0 Å². The van der Waals surface area contributed by atoms with E-state index in [1.807, 2.05) is 25.5 Å². The molecule has 0 unspecified atom stereocenters. The zero-order valence-electron chi connectivity index (χ0n) is 23.4. The first kappa shape index (κ1) is 26.6. The first-order valence-electron chi connectivity index (χ1n) is 14.1. The minimum atomic E-state index is -1.00. The smallest absolute Gasteiger partial charge is 0.354 e. The zero-order chi connectivity index (χ0) is 27.0. The molecule has 3 heterocycles. The average molecular weight is 520 g/mol. The summed E-state index contributed by atoms with van der Waals surface area (Å²) in [7, 11) is 4.27. The molecule has 1 saturated heterocycles. The quantitative estimate of drug-likeness (QED) is 0.405. The molecule has 0 bridgehead atoms. The van der Waals surface area contributed by atoms with Crippen LogP contribution in [0, 0.1) is 0 Å². The lowest BCUT2D eigenvalue weighted by Crippen LogP contribution is -2.56. The van der Waals surface area contributed by atoms with Crippen LogP contribution in [0.1, 0.15) is 80.5 Å². The van der Waals surface area contributed by atoms with Gasteiger partial charge in [-0.05, 0) is 63.9 Å². The summed E-state index contributed by atoms with van der Waals surface area (Å²) in [5, 5.41) is 16.0. The Kier molecular flexibility index (Phi) is 7.73. The highest BCUT2D eigenvalue weighted by molar-refractivity contribution is 6.03. The van der Waals surface area contributed by atoms with Crippen LogP contribution in [0.25, 0.3) is 22.2 Å². The third-order valence-electron chi connectivity index (χ3n) is 8.05. The van der Waals surface area contributed by atoms with Crippen LogP contribution >= 0.6 is 0 Å². The topological polar surface area (TPSA) is 83.7 Å². The van der Waals surface area contributed by atoms with Crippen molar-refractivity contribution in [3.8, 4) is 17.0 Å². The van der Waals surface area contributed by atoms with Gasteiger partial charge in [-0.15, -0.1) is 5.10 Å². The number of hydrogen-bond donors (Lipinski definition) is 1. The van der Waals surface area contributed by atoms with Gasteiger partial charge in [0.2, 0.25) is 5.88 Å². The van der Waals surface area contributed by atoms with Gasteiger partial charge >= 0.3 is 5.97 Å². The van der Waals surface area contributed by atoms with Gasteiger partial charge in [-0.2, -0.15) is 0 Å². The number of likely N-dealkylation sites (tertiary alicyclic amines) is 1. The van der Waals surface area contributed by atoms with E-state index in [1.165, 1.54) is 12.0 Å². The standard InChI is InChI=1S/C30H41N5O3/c1-6-24-25(21-14-12-20(13-15-21)16-34-17-23(18-34)33(4)5)26-28(31-27(24)30(36)37)35(22-10-8-7-9-11-22)32-29(26)38-19(2)3/h12-15,19,22-23H,6-11,16-18H2,1-5H3,(H,36,37). The third-order valence-corrected chi connectivity index (χ3v) is 8.05. The Labute approximate surface area is 225 Å². The largest absolute Gasteiger partial charge is 0.477 e. The van der Waals surface area contributed by atoms with Gasteiger partial charge < -0.3 is 14.7 Å². The number of rotatable bonds is 9. The molecule has 2 aliphatic rings. The molecule has 2 fully saturated rings. The summed E-state index contributed by atoms with van der Waals surface area (Å²) in [6, 6.07) is 9.40. The predicted octanol–water partition coefficient (Wildman–Crippen LogP) is 5.40. The lowest BCUT2D eigenvalue weighted by molar-refractivity contribution is 0.0574. The summed E-state index contributed by atoms with van der Waals surface area (Å²) in [5.74, 6) is -0.452. The van der Waals surface area contributed by atoms with Crippen molar-refractivity contribution in [3.05, 3.63) is 41.1 Å². The van der Waals surface area contributed by atoms with E-state index < -0.39 is 5.97 Å². The van der Waals surface area contributed by atoms with Gasteiger partial charge in [-0.1, -0.05) is 50.5 Å². The number of carboxylic acids is 1. The Morgan fingerprint density at radius 2 is 1.82 bits per heavy atom. The molecular weight excluding hydrogens is 478 g/mol. The Morgan fingerprint density at radius 3 is 2.39 bits per heavy atom. The lowest BCUT2D eigenvalue weighted by Gasteiger charge is -2.42. The van der Waals surface area contributed by atoms with Crippen molar-refractivity contribution < 1.29 is 14.6 Å². The number of likely N-dealkylation sites (N-methyl/N-ethyl adjacent to an activating group) is 1. The summed E-state index contributed by atoms with van der Waals surface area (Å²) in [6.07, 6.45) is 6.05. The molecule has 1 aliphatic carbocycles. The minimum Gasteiger partial charge on any atom is -0.477 e. The number of carbonyl (C=O) groups is 1. The molecule has 3 aromatic rings. The van der Waals surface area contributed by atoms with Crippen molar-refractivity contribution in [1.29, 1.82) is 0 Å². The van der Waals surface area contributed by atoms with Gasteiger partial charge in [-0.3, -0.25) is 4.90 Å². The van der Waals surface area contributed by atoms with E-state index >= 15 is 0 Å². The van der Waals surface area contributed by atoms with Crippen LogP contribution in [0.3, 0.4) is 0 Å². The van der Waals surface area contributed by atoms with Crippen molar-refractivity contribution in [3.63, 3.8) is 0 Å². The highest BCUT2D eigenvalue weighted by Crippen LogP contribution is 2.41. The predicted molar refractivity (Wildman–Crippen MR) is 150 cm³/mol. The van der Waals surface area contributed by atoms with Gasteiger partial charge in [0, 0.05) is 31.2 Å². The Bertz CT molecular complexity index is 1290. The van der Waals surface area contributed by atoms with E-state index in [9.17, 15) is 9.90 Å². The van der Waals surface area contributed by atoms with Gasteiger partial charge in [-0.25, -0.2) is 14.5 Å². The van der Waals surface area contributed by atoms with E-state index in [2.05, 4.69) is 48.2 Å².